The lowest BCUT2D eigenvalue weighted by Gasteiger charge is -2.35. The van der Waals surface area contributed by atoms with Crippen LogP contribution in [0.2, 0.25) is 0 Å². The van der Waals surface area contributed by atoms with E-state index in [0.717, 1.165) is 16.7 Å². The van der Waals surface area contributed by atoms with Gasteiger partial charge in [0.2, 0.25) is 0 Å². The maximum Gasteiger partial charge on any atom is 0.415 e. The number of fused-ring (bicyclic) bond motifs is 3. The number of likely N-dealkylation sites (N-methyl/N-ethyl adjacent to an activating group) is 1. The number of hydrogen-bond donors (Lipinski definition) is 1. The monoisotopic (exact) mass is 532 g/mol. The van der Waals surface area contributed by atoms with Crippen molar-refractivity contribution < 1.29 is 28.9 Å². The minimum atomic E-state index is -0.519. The summed E-state index contributed by atoms with van der Waals surface area (Å²) in [6.07, 6.45) is -0.927. The van der Waals surface area contributed by atoms with Crippen LogP contribution in [0.4, 0.5) is 4.79 Å². The molecule has 1 heterocycles. The summed E-state index contributed by atoms with van der Waals surface area (Å²) in [4.78, 5) is 30.0. The Balaban J connectivity index is 1.62. The Labute approximate surface area is 229 Å². The Hall–Kier alpha value is -3.88. The van der Waals surface area contributed by atoms with Gasteiger partial charge in [0.25, 0.3) is 5.91 Å². The highest BCUT2D eigenvalue weighted by Gasteiger charge is 2.31. The highest BCUT2D eigenvalue weighted by Crippen LogP contribution is 2.31. The van der Waals surface area contributed by atoms with Crippen LogP contribution in [-0.4, -0.2) is 72.9 Å². The van der Waals surface area contributed by atoms with Crippen LogP contribution in [0.1, 0.15) is 29.8 Å². The zero-order valence-corrected chi connectivity index (χ0v) is 22.9. The van der Waals surface area contributed by atoms with Crippen molar-refractivity contribution in [3.8, 4) is 22.6 Å². The number of amides is 2. The highest BCUT2D eigenvalue weighted by atomic mass is 16.6. The van der Waals surface area contributed by atoms with Crippen molar-refractivity contribution in [2.24, 2.45) is 5.92 Å². The van der Waals surface area contributed by atoms with Crippen molar-refractivity contribution in [1.29, 1.82) is 0 Å². The Morgan fingerprint density at radius 3 is 2.31 bits per heavy atom. The second-order valence-corrected chi connectivity index (χ2v) is 9.94. The van der Waals surface area contributed by atoms with Crippen molar-refractivity contribution in [1.82, 2.24) is 9.80 Å². The number of hydrogen-bond acceptors (Lipinski definition) is 6. The summed E-state index contributed by atoms with van der Waals surface area (Å²) in [5.74, 6) is 0.768. The third-order valence-corrected chi connectivity index (χ3v) is 7.12. The van der Waals surface area contributed by atoms with Crippen LogP contribution in [-0.2, 0) is 11.3 Å². The van der Waals surface area contributed by atoms with E-state index in [1.807, 2.05) is 62.4 Å². The molecule has 3 aromatic rings. The second kappa shape index (κ2) is 12.8. The number of nitrogens with zero attached hydrogens (tertiary/aromatic N) is 2. The van der Waals surface area contributed by atoms with E-state index in [0.29, 0.717) is 30.2 Å². The number of benzene rings is 3. The summed E-state index contributed by atoms with van der Waals surface area (Å²) >= 11 is 0. The molecule has 0 saturated heterocycles. The van der Waals surface area contributed by atoms with E-state index >= 15 is 0 Å². The first-order chi connectivity index (χ1) is 18.8. The standard InChI is InChI=1S/C31H36N2O6/c1-21-17-33(22(2)19-34)30(35)28-12-8-7-11-27(28)26-10-6-5-9-23(26)20-38-29(21)18-32(3)31(36)39-25-15-13-24(37-4)14-16-25/h5-16,21-22,29,34H,17-20H2,1-4H3/t21-,22-,29+/m1/s1. The Kier molecular flexibility index (Phi) is 9.22. The number of methoxy groups -OCH3 is 1. The van der Waals surface area contributed by atoms with Gasteiger partial charge in [0.15, 0.2) is 0 Å². The van der Waals surface area contributed by atoms with E-state index in [1.165, 1.54) is 4.90 Å². The Morgan fingerprint density at radius 2 is 1.64 bits per heavy atom. The minimum absolute atomic E-state index is 0.151. The molecule has 0 bridgehead atoms. The van der Waals surface area contributed by atoms with E-state index in [2.05, 4.69) is 0 Å². The van der Waals surface area contributed by atoms with Crippen molar-refractivity contribution in [2.45, 2.75) is 32.6 Å². The summed E-state index contributed by atoms with van der Waals surface area (Å²) in [5.41, 5.74) is 3.26. The van der Waals surface area contributed by atoms with Gasteiger partial charge in [-0.2, -0.15) is 0 Å². The summed E-state index contributed by atoms with van der Waals surface area (Å²) < 4.78 is 17.2. The largest absolute Gasteiger partial charge is 0.497 e. The van der Waals surface area contributed by atoms with Crippen molar-refractivity contribution in [3.63, 3.8) is 0 Å². The third kappa shape index (κ3) is 6.58. The van der Waals surface area contributed by atoms with Crippen LogP contribution in [0.25, 0.3) is 11.1 Å². The molecule has 8 nitrogen and oxygen atoms in total. The van der Waals surface area contributed by atoms with Gasteiger partial charge in [-0.3, -0.25) is 4.79 Å². The molecule has 2 amide bonds. The molecule has 0 aliphatic carbocycles. The lowest BCUT2D eigenvalue weighted by atomic mass is 9.94. The molecule has 39 heavy (non-hydrogen) atoms. The van der Waals surface area contributed by atoms with Gasteiger partial charge in [-0.25, -0.2) is 4.79 Å². The maximum absolute atomic E-state index is 13.9. The smallest absolute Gasteiger partial charge is 0.415 e. The third-order valence-electron chi connectivity index (χ3n) is 7.12. The van der Waals surface area contributed by atoms with E-state index < -0.39 is 18.2 Å². The minimum Gasteiger partial charge on any atom is -0.497 e. The fourth-order valence-electron chi connectivity index (χ4n) is 4.72. The average Bonchev–Trinajstić information content (AvgIpc) is 2.98. The van der Waals surface area contributed by atoms with Gasteiger partial charge in [0, 0.05) is 25.1 Å². The predicted molar refractivity (Wildman–Crippen MR) is 149 cm³/mol. The van der Waals surface area contributed by atoms with E-state index in [9.17, 15) is 14.7 Å². The van der Waals surface area contributed by atoms with E-state index in [4.69, 9.17) is 14.2 Å². The van der Waals surface area contributed by atoms with Gasteiger partial charge >= 0.3 is 6.09 Å². The van der Waals surface area contributed by atoms with Gasteiger partial charge in [-0.05, 0) is 53.9 Å². The van der Waals surface area contributed by atoms with Crippen LogP contribution in [0.15, 0.2) is 72.8 Å². The Morgan fingerprint density at radius 1 is 1.03 bits per heavy atom. The number of ether oxygens (including phenoxy) is 3. The second-order valence-electron chi connectivity index (χ2n) is 9.94. The first kappa shape index (κ1) is 28.1. The molecule has 1 aliphatic heterocycles. The topological polar surface area (TPSA) is 88.5 Å². The lowest BCUT2D eigenvalue weighted by Crippen LogP contribution is -2.47. The van der Waals surface area contributed by atoms with Gasteiger partial charge in [-0.15, -0.1) is 0 Å². The SMILES string of the molecule is COc1ccc(OC(=O)N(C)C[C@@H]2OCc3ccccc3-c3ccccc3C(=O)N([C@H](C)CO)C[C@H]2C)cc1. The summed E-state index contributed by atoms with van der Waals surface area (Å²) in [6, 6.07) is 21.8. The molecule has 1 N–H and O–H groups in total. The normalized spacial score (nSPS) is 18.3. The molecule has 0 fully saturated rings. The van der Waals surface area contributed by atoms with Crippen LogP contribution in [0, 0.1) is 5.92 Å². The molecule has 206 valence electrons. The number of aliphatic hydroxyl groups excluding tert-OH is 1. The van der Waals surface area contributed by atoms with Crippen molar-refractivity contribution in [3.05, 3.63) is 83.9 Å². The van der Waals surface area contributed by atoms with Gasteiger partial charge in [0.1, 0.15) is 11.5 Å². The molecule has 0 saturated carbocycles. The quantitative estimate of drug-likeness (QED) is 0.488. The molecule has 0 aromatic heterocycles. The number of rotatable bonds is 6. The van der Waals surface area contributed by atoms with Crippen molar-refractivity contribution >= 4 is 12.0 Å². The molecule has 1 aliphatic rings. The predicted octanol–water partition coefficient (Wildman–Crippen LogP) is 4.85. The summed E-state index contributed by atoms with van der Waals surface area (Å²) in [5, 5.41) is 10.00. The molecule has 4 rings (SSSR count). The van der Waals surface area contributed by atoms with E-state index in [-0.39, 0.29) is 25.0 Å². The maximum atomic E-state index is 13.9. The summed E-state index contributed by atoms with van der Waals surface area (Å²) in [6.45, 7) is 4.56. The van der Waals surface area contributed by atoms with Crippen LogP contribution >= 0.6 is 0 Å². The molecule has 0 spiro atoms. The zero-order chi connectivity index (χ0) is 27.9. The molecule has 8 heteroatoms. The average molecular weight is 533 g/mol. The van der Waals surface area contributed by atoms with Gasteiger partial charge in [0.05, 0.1) is 39.0 Å². The molecule has 0 unspecified atom stereocenters. The summed E-state index contributed by atoms with van der Waals surface area (Å²) in [7, 11) is 3.24. The number of carbonyl (C=O) groups excluding carboxylic acids is 2. The highest BCUT2D eigenvalue weighted by molar-refractivity contribution is 6.01. The Bertz CT molecular complexity index is 1280. The van der Waals surface area contributed by atoms with Crippen molar-refractivity contribution in [2.75, 3.05) is 33.9 Å². The van der Waals surface area contributed by atoms with E-state index in [1.54, 1.807) is 43.3 Å². The van der Waals surface area contributed by atoms with Crippen LogP contribution in [0.3, 0.4) is 0 Å². The molecule has 0 radical (unpaired) electrons. The number of carbonyl (C=O) groups is 2. The van der Waals surface area contributed by atoms with Gasteiger partial charge < -0.3 is 29.1 Å². The lowest BCUT2D eigenvalue weighted by molar-refractivity contribution is -0.0205. The molecular formula is C31H36N2O6. The molecule has 3 atom stereocenters. The first-order valence-electron chi connectivity index (χ1n) is 13.1. The molecular weight excluding hydrogens is 496 g/mol. The van der Waals surface area contributed by atoms with Crippen LogP contribution < -0.4 is 9.47 Å². The molecule has 3 aromatic carbocycles. The first-order valence-corrected chi connectivity index (χ1v) is 13.1. The van der Waals surface area contributed by atoms with Gasteiger partial charge in [-0.1, -0.05) is 49.4 Å². The fourth-order valence-corrected chi connectivity index (χ4v) is 4.72. The zero-order valence-electron chi connectivity index (χ0n) is 22.9. The van der Waals surface area contributed by atoms with Crippen LogP contribution in [0.5, 0.6) is 11.5 Å². The fraction of sp³-hybridized carbons (Fsp3) is 0.355. The number of aliphatic hydroxyl groups is 1.